The Labute approximate surface area is 151 Å². The van der Waals surface area contributed by atoms with Crippen molar-refractivity contribution in [3.63, 3.8) is 0 Å². The molecule has 0 unspecified atom stereocenters. The van der Waals surface area contributed by atoms with E-state index in [1.54, 1.807) is 18.2 Å². The number of benzene rings is 3. The second-order valence-corrected chi connectivity index (χ2v) is 6.32. The van der Waals surface area contributed by atoms with Gasteiger partial charge in [0.05, 0.1) is 10.6 Å². The van der Waals surface area contributed by atoms with Gasteiger partial charge < -0.3 is 5.32 Å². The summed E-state index contributed by atoms with van der Waals surface area (Å²) in [6.45, 7) is 2.02. The molecular weight excluding hydrogens is 341 g/mol. The summed E-state index contributed by atoms with van der Waals surface area (Å²) in [6, 6.07) is 20.8. The predicted molar refractivity (Wildman–Crippen MR) is 101 cm³/mol. The van der Waals surface area contributed by atoms with Gasteiger partial charge in [-0.05, 0) is 53.9 Å². The molecular formula is C20H15Cl2NO. The Morgan fingerprint density at radius 2 is 1.67 bits per heavy atom. The van der Waals surface area contributed by atoms with E-state index in [9.17, 15) is 4.79 Å². The quantitative estimate of drug-likeness (QED) is 0.593. The van der Waals surface area contributed by atoms with Crippen LogP contribution in [0.25, 0.3) is 11.1 Å². The van der Waals surface area contributed by atoms with Crippen molar-refractivity contribution in [3.05, 3.63) is 87.9 Å². The molecule has 0 bridgehead atoms. The van der Waals surface area contributed by atoms with Gasteiger partial charge in [-0.3, -0.25) is 4.79 Å². The Hall–Kier alpha value is -2.29. The molecule has 0 aliphatic heterocycles. The van der Waals surface area contributed by atoms with Gasteiger partial charge in [0.2, 0.25) is 0 Å². The van der Waals surface area contributed by atoms with Gasteiger partial charge in [-0.2, -0.15) is 0 Å². The molecule has 0 heterocycles. The molecule has 0 aliphatic rings. The summed E-state index contributed by atoms with van der Waals surface area (Å²) < 4.78 is 0. The predicted octanol–water partition coefficient (Wildman–Crippen LogP) is 6.22. The number of hydrogen-bond donors (Lipinski definition) is 1. The topological polar surface area (TPSA) is 29.1 Å². The molecule has 3 aromatic carbocycles. The molecule has 0 aliphatic carbocycles. The van der Waals surface area contributed by atoms with E-state index in [-0.39, 0.29) is 5.91 Å². The lowest BCUT2D eigenvalue weighted by Crippen LogP contribution is -2.12. The lowest BCUT2D eigenvalue weighted by Gasteiger charge is -2.11. The normalized spacial score (nSPS) is 10.5. The summed E-state index contributed by atoms with van der Waals surface area (Å²) >= 11 is 11.9. The van der Waals surface area contributed by atoms with Crippen LogP contribution in [0.1, 0.15) is 15.9 Å². The summed E-state index contributed by atoms with van der Waals surface area (Å²) in [6.07, 6.45) is 0. The van der Waals surface area contributed by atoms with Crippen LogP contribution < -0.4 is 5.32 Å². The van der Waals surface area contributed by atoms with Gasteiger partial charge >= 0.3 is 0 Å². The molecule has 1 amide bonds. The molecule has 1 N–H and O–H groups in total. The summed E-state index contributed by atoms with van der Waals surface area (Å²) in [5.74, 6) is -0.261. The second kappa shape index (κ2) is 7.08. The Bertz CT molecular complexity index is 891. The smallest absolute Gasteiger partial charge is 0.257 e. The maximum atomic E-state index is 12.4. The highest BCUT2D eigenvalue weighted by Crippen LogP contribution is 2.27. The maximum absolute atomic E-state index is 12.4. The van der Waals surface area contributed by atoms with Gasteiger partial charge in [0.25, 0.3) is 5.91 Å². The first-order valence-corrected chi connectivity index (χ1v) is 8.22. The van der Waals surface area contributed by atoms with Crippen molar-refractivity contribution in [1.82, 2.24) is 0 Å². The average Bonchev–Trinajstić information content (AvgIpc) is 2.55. The third kappa shape index (κ3) is 3.61. The minimum Gasteiger partial charge on any atom is -0.322 e. The highest BCUT2D eigenvalue weighted by atomic mass is 35.5. The first-order chi connectivity index (χ1) is 11.5. The molecule has 0 spiro atoms. The van der Waals surface area contributed by atoms with Crippen molar-refractivity contribution in [1.29, 1.82) is 0 Å². The molecule has 0 aromatic heterocycles. The van der Waals surface area contributed by atoms with E-state index in [0.717, 1.165) is 22.4 Å². The number of anilines is 1. The van der Waals surface area contributed by atoms with Gasteiger partial charge in [-0.15, -0.1) is 0 Å². The van der Waals surface area contributed by atoms with E-state index < -0.39 is 0 Å². The zero-order valence-corrected chi connectivity index (χ0v) is 14.5. The summed E-state index contributed by atoms with van der Waals surface area (Å²) in [5.41, 5.74) is 4.49. The number of carbonyl (C=O) groups excluding carboxylic acids is 1. The standard InChI is InChI=1S/C20H15Cl2NO/c1-13-11-16(8-10-17(13)14-5-3-2-4-6-14)23-20(24)18-9-7-15(21)12-19(18)22/h2-12H,1H3,(H,23,24). The highest BCUT2D eigenvalue weighted by molar-refractivity contribution is 6.37. The number of aryl methyl sites for hydroxylation is 1. The van der Waals surface area contributed by atoms with Gasteiger partial charge in [-0.1, -0.05) is 59.6 Å². The van der Waals surface area contributed by atoms with Gasteiger partial charge in [0.1, 0.15) is 0 Å². The largest absolute Gasteiger partial charge is 0.322 e. The van der Waals surface area contributed by atoms with E-state index in [1.807, 2.05) is 43.3 Å². The first-order valence-electron chi connectivity index (χ1n) is 7.47. The molecule has 2 nitrogen and oxygen atoms in total. The van der Waals surface area contributed by atoms with Crippen LogP contribution in [0, 0.1) is 6.92 Å². The summed E-state index contributed by atoms with van der Waals surface area (Å²) in [4.78, 5) is 12.4. The van der Waals surface area contributed by atoms with E-state index in [0.29, 0.717) is 15.6 Å². The van der Waals surface area contributed by atoms with Crippen LogP contribution in [0.5, 0.6) is 0 Å². The summed E-state index contributed by atoms with van der Waals surface area (Å²) in [5, 5.41) is 3.70. The number of halogens is 2. The molecule has 3 aromatic rings. The lowest BCUT2D eigenvalue weighted by atomic mass is 10.00. The van der Waals surface area contributed by atoms with Crippen molar-refractivity contribution in [2.75, 3.05) is 5.32 Å². The van der Waals surface area contributed by atoms with Crippen molar-refractivity contribution in [3.8, 4) is 11.1 Å². The van der Waals surface area contributed by atoms with Crippen LogP contribution in [0.4, 0.5) is 5.69 Å². The van der Waals surface area contributed by atoms with Crippen molar-refractivity contribution in [2.24, 2.45) is 0 Å². The molecule has 0 saturated heterocycles. The van der Waals surface area contributed by atoms with Gasteiger partial charge in [0, 0.05) is 10.7 Å². The molecule has 3 rings (SSSR count). The Kier molecular flexibility index (Phi) is 4.89. The molecule has 4 heteroatoms. The number of rotatable bonds is 3. The average molecular weight is 356 g/mol. The fourth-order valence-corrected chi connectivity index (χ4v) is 3.05. The number of hydrogen-bond acceptors (Lipinski definition) is 1. The molecule has 24 heavy (non-hydrogen) atoms. The fourth-order valence-electron chi connectivity index (χ4n) is 2.56. The first kappa shape index (κ1) is 16.6. The lowest BCUT2D eigenvalue weighted by molar-refractivity contribution is 0.102. The summed E-state index contributed by atoms with van der Waals surface area (Å²) in [7, 11) is 0. The SMILES string of the molecule is Cc1cc(NC(=O)c2ccc(Cl)cc2Cl)ccc1-c1ccccc1. The minimum absolute atomic E-state index is 0.261. The molecule has 0 radical (unpaired) electrons. The van der Waals surface area contributed by atoms with Crippen molar-refractivity contribution in [2.45, 2.75) is 6.92 Å². The van der Waals surface area contributed by atoms with Crippen LogP contribution in [0.15, 0.2) is 66.7 Å². The molecule has 0 atom stereocenters. The van der Waals surface area contributed by atoms with E-state index >= 15 is 0 Å². The number of amides is 1. The Balaban J connectivity index is 1.83. The van der Waals surface area contributed by atoms with Crippen LogP contribution in [-0.2, 0) is 0 Å². The van der Waals surface area contributed by atoms with E-state index in [2.05, 4.69) is 17.4 Å². The third-order valence-corrected chi connectivity index (χ3v) is 4.29. The van der Waals surface area contributed by atoms with E-state index in [1.165, 1.54) is 0 Å². The van der Waals surface area contributed by atoms with Crippen LogP contribution in [0.3, 0.4) is 0 Å². The molecule has 120 valence electrons. The van der Waals surface area contributed by atoms with Gasteiger partial charge in [0.15, 0.2) is 0 Å². The molecule has 0 fully saturated rings. The Morgan fingerprint density at radius 1 is 0.917 bits per heavy atom. The third-order valence-electron chi connectivity index (χ3n) is 3.74. The maximum Gasteiger partial charge on any atom is 0.257 e. The fraction of sp³-hybridized carbons (Fsp3) is 0.0500. The van der Waals surface area contributed by atoms with Gasteiger partial charge in [-0.25, -0.2) is 0 Å². The van der Waals surface area contributed by atoms with E-state index in [4.69, 9.17) is 23.2 Å². The second-order valence-electron chi connectivity index (χ2n) is 5.47. The highest BCUT2D eigenvalue weighted by Gasteiger charge is 2.12. The zero-order chi connectivity index (χ0) is 17.1. The van der Waals surface area contributed by atoms with Crippen LogP contribution in [0.2, 0.25) is 10.0 Å². The molecule has 0 saturated carbocycles. The minimum atomic E-state index is -0.261. The zero-order valence-electron chi connectivity index (χ0n) is 13.0. The van der Waals surface area contributed by atoms with Crippen LogP contribution in [-0.4, -0.2) is 5.91 Å². The monoisotopic (exact) mass is 355 g/mol. The van der Waals surface area contributed by atoms with Crippen molar-refractivity contribution >= 4 is 34.8 Å². The van der Waals surface area contributed by atoms with Crippen molar-refractivity contribution < 1.29 is 4.79 Å². The van der Waals surface area contributed by atoms with Crippen LogP contribution >= 0.6 is 23.2 Å². The Morgan fingerprint density at radius 3 is 2.33 bits per heavy atom. The number of carbonyl (C=O) groups is 1. The number of nitrogens with one attached hydrogen (secondary N) is 1.